The molecule has 0 aromatic heterocycles. The van der Waals surface area contributed by atoms with Crippen LogP contribution in [0.1, 0.15) is 5.56 Å². The summed E-state index contributed by atoms with van der Waals surface area (Å²) in [6.45, 7) is 3.32. The minimum atomic E-state index is -3.43. The van der Waals surface area contributed by atoms with Crippen molar-refractivity contribution in [1.82, 2.24) is 0 Å². The molecule has 2 aromatic rings. The highest BCUT2D eigenvalue weighted by atomic mass is 31.2. The zero-order valence-corrected chi connectivity index (χ0v) is 11.8. The molecule has 0 unspecified atom stereocenters. The lowest BCUT2D eigenvalue weighted by molar-refractivity contribution is 0.270. The molecule has 6 heteroatoms. The number of benzene rings is 2. The van der Waals surface area contributed by atoms with Gasteiger partial charge in [-0.05, 0) is 34.5 Å². The molecule has 0 amide bonds. The van der Waals surface area contributed by atoms with Crippen LogP contribution in [-0.2, 0) is 18.3 Å². The summed E-state index contributed by atoms with van der Waals surface area (Å²) in [5.41, 5.74) is 0.817. The number of hydrogen-bond acceptors (Lipinski definition) is 5. The predicted molar refractivity (Wildman–Crippen MR) is 73.4 cm³/mol. The van der Waals surface area contributed by atoms with E-state index in [0.29, 0.717) is 5.75 Å². The van der Waals surface area contributed by atoms with Crippen LogP contribution in [0.5, 0.6) is 5.75 Å². The molecule has 0 bridgehead atoms. The van der Waals surface area contributed by atoms with Crippen LogP contribution in [0, 0.1) is 6.61 Å². The lowest BCUT2D eigenvalue weighted by atomic mass is 10.1. The largest absolute Gasteiger partial charge is 0.530 e. The summed E-state index contributed by atoms with van der Waals surface area (Å²) in [5, 5.41) is 1.96. The predicted octanol–water partition coefficient (Wildman–Crippen LogP) is 3.41. The van der Waals surface area contributed by atoms with E-state index in [1.165, 1.54) is 0 Å². The SMILES string of the molecule is CO[C]c1ccc2ccc(OP3(=O)OCCO3)cc2c1. The number of phosphoric ester groups is 1. The van der Waals surface area contributed by atoms with Crippen molar-refractivity contribution in [3.63, 3.8) is 0 Å². The quantitative estimate of drug-likeness (QED) is 0.808. The molecular formula is C14H13O5P. The van der Waals surface area contributed by atoms with Crippen molar-refractivity contribution in [1.29, 1.82) is 0 Å². The molecule has 0 atom stereocenters. The van der Waals surface area contributed by atoms with Gasteiger partial charge in [-0.25, -0.2) is 4.57 Å². The molecule has 1 heterocycles. The maximum atomic E-state index is 12.0. The minimum absolute atomic E-state index is 0.284. The standard InChI is InChI=1S/C14H13O5P/c1-16-10-11-2-3-12-4-5-14(9-13(12)8-11)19-20(15)17-6-7-18-20/h2-5,8-9H,6-7H2,1H3. The molecule has 1 fully saturated rings. The Morgan fingerprint density at radius 3 is 2.60 bits per heavy atom. The summed E-state index contributed by atoms with van der Waals surface area (Å²) in [6.07, 6.45) is 0. The average Bonchev–Trinajstić information content (AvgIpc) is 2.85. The van der Waals surface area contributed by atoms with E-state index in [9.17, 15) is 4.57 Å². The lowest BCUT2D eigenvalue weighted by Gasteiger charge is -2.11. The second-order valence-electron chi connectivity index (χ2n) is 4.23. The fraction of sp³-hybridized carbons (Fsp3) is 0.214. The van der Waals surface area contributed by atoms with E-state index in [2.05, 4.69) is 6.61 Å². The van der Waals surface area contributed by atoms with Crippen molar-refractivity contribution < 1.29 is 22.9 Å². The average molecular weight is 292 g/mol. The Morgan fingerprint density at radius 2 is 1.85 bits per heavy atom. The molecule has 2 aromatic carbocycles. The van der Waals surface area contributed by atoms with Gasteiger partial charge in [0.15, 0.2) is 6.61 Å². The lowest BCUT2D eigenvalue weighted by Crippen LogP contribution is -1.92. The van der Waals surface area contributed by atoms with E-state index in [1.807, 2.05) is 24.3 Å². The first-order valence-electron chi connectivity index (χ1n) is 6.10. The minimum Gasteiger partial charge on any atom is -0.404 e. The molecule has 1 aliphatic rings. The summed E-state index contributed by atoms with van der Waals surface area (Å²) < 4.78 is 32.2. The van der Waals surface area contributed by atoms with Gasteiger partial charge in [-0.1, -0.05) is 18.2 Å². The molecule has 2 radical (unpaired) electrons. The molecular weight excluding hydrogens is 279 g/mol. The van der Waals surface area contributed by atoms with Crippen LogP contribution in [0.15, 0.2) is 36.4 Å². The number of hydrogen-bond donors (Lipinski definition) is 0. The van der Waals surface area contributed by atoms with Gasteiger partial charge in [0.25, 0.3) is 0 Å². The van der Waals surface area contributed by atoms with Crippen molar-refractivity contribution in [2.75, 3.05) is 20.3 Å². The normalized spacial score (nSPS) is 17.4. The van der Waals surface area contributed by atoms with Gasteiger partial charge < -0.3 is 9.26 Å². The summed E-state index contributed by atoms with van der Waals surface area (Å²) in [6, 6.07) is 11.1. The maximum Gasteiger partial charge on any atom is 0.530 e. The molecule has 0 saturated carbocycles. The van der Waals surface area contributed by atoms with Gasteiger partial charge in [-0.3, -0.25) is 9.05 Å². The summed E-state index contributed by atoms with van der Waals surface area (Å²) >= 11 is 0. The van der Waals surface area contributed by atoms with Gasteiger partial charge in [-0.2, -0.15) is 0 Å². The third kappa shape index (κ3) is 2.86. The highest BCUT2D eigenvalue weighted by Crippen LogP contribution is 2.52. The van der Waals surface area contributed by atoms with E-state index in [-0.39, 0.29) is 13.2 Å². The topological polar surface area (TPSA) is 54.0 Å². The molecule has 1 aliphatic heterocycles. The monoisotopic (exact) mass is 292 g/mol. The summed E-state index contributed by atoms with van der Waals surface area (Å²) in [4.78, 5) is 0. The van der Waals surface area contributed by atoms with E-state index in [4.69, 9.17) is 18.3 Å². The third-order valence-electron chi connectivity index (χ3n) is 2.83. The first-order chi connectivity index (χ1) is 9.68. The molecule has 1 saturated heterocycles. The molecule has 104 valence electrons. The van der Waals surface area contributed by atoms with E-state index in [0.717, 1.165) is 16.3 Å². The number of ether oxygens (including phenoxy) is 1. The Kier molecular flexibility index (Phi) is 3.76. The Labute approximate surface area is 117 Å². The fourth-order valence-corrected chi connectivity index (χ4v) is 3.13. The van der Waals surface area contributed by atoms with E-state index >= 15 is 0 Å². The van der Waals surface area contributed by atoms with Crippen LogP contribution in [0.2, 0.25) is 0 Å². The van der Waals surface area contributed by atoms with Crippen LogP contribution < -0.4 is 4.52 Å². The Hall–Kier alpha value is -1.39. The van der Waals surface area contributed by atoms with E-state index in [1.54, 1.807) is 19.2 Å². The highest BCUT2D eigenvalue weighted by molar-refractivity contribution is 7.49. The third-order valence-corrected chi connectivity index (χ3v) is 4.26. The number of methoxy groups -OCH3 is 1. The maximum absolute atomic E-state index is 12.0. The molecule has 0 N–H and O–H groups in total. The number of phosphoric acid groups is 1. The van der Waals surface area contributed by atoms with Gasteiger partial charge in [0, 0.05) is 7.11 Å². The van der Waals surface area contributed by atoms with Crippen LogP contribution in [-0.4, -0.2) is 20.3 Å². The van der Waals surface area contributed by atoms with Gasteiger partial charge >= 0.3 is 7.82 Å². The van der Waals surface area contributed by atoms with Crippen molar-refractivity contribution >= 4 is 18.6 Å². The van der Waals surface area contributed by atoms with Gasteiger partial charge in [0.1, 0.15) is 5.75 Å². The van der Waals surface area contributed by atoms with Crippen molar-refractivity contribution in [2.24, 2.45) is 0 Å². The van der Waals surface area contributed by atoms with Gasteiger partial charge in [0.05, 0.1) is 13.2 Å². The fourth-order valence-electron chi connectivity index (χ4n) is 1.98. The van der Waals surface area contributed by atoms with Crippen LogP contribution >= 0.6 is 7.82 Å². The first kappa shape index (κ1) is 13.6. The smallest absolute Gasteiger partial charge is 0.404 e. The summed E-state index contributed by atoms with van der Waals surface area (Å²) in [5.74, 6) is 0.442. The summed E-state index contributed by atoms with van der Waals surface area (Å²) in [7, 11) is -1.89. The Bertz CT molecular complexity index is 660. The van der Waals surface area contributed by atoms with Crippen molar-refractivity contribution in [3.8, 4) is 5.75 Å². The Balaban J connectivity index is 1.90. The van der Waals surface area contributed by atoms with Crippen LogP contribution in [0.25, 0.3) is 10.8 Å². The second kappa shape index (κ2) is 5.54. The molecule has 3 rings (SSSR count). The second-order valence-corrected chi connectivity index (χ2v) is 5.83. The van der Waals surface area contributed by atoms with Crippen LogP contribution in [0.4, 0.5) is 0 Å². The molecule has 5 nitrogen and oxygen atoms in total. The van der Waals surface area contributed by atoms with Crippen molar-refractivity contribution in [2.45, 2.75) is 0 Å². The van der Waals surface area contributed by atoms with Crippen molar-refractivity contribution in [3.05, 3.63) is 48.6 Å². The number of rotatable bonds is 4. The van der Waals surface area contributed by atoms with E-state index < -0.39 is 7.82 Å². The van der Waals surface area contributed by atoms with Gasteiger partial charge in [-0.15, -0.1) is 0 Å². The number of fused-ring (bicyclic) bond motifs is 1. The molecule has 20 heavy (non-hydrogen) atoms. The first-order valence-corrected chi connectivity index (χ1v) is 7.56. The van der Waals surface area contributed by atoms with Gasteiger partial charge in [0.2, 0.25) is 0 Å². The highest BCUT2D eigenvalue weighted by Gasteiger charge is 2.33. The zero-order valence-electron chi connectivity index (χ0n) is 10.9. The zero-order chi connectivity index (χ0) is 14.0. The van der Waals surface area contributed by atoms with Crippen LogP contribution in [0.3, 0.4) is 0 Å². The molecule has 0 aliphatic carbocycles. The molecule has 0 spiro atoms. The Morgan fingerprint density at radius 1 is 1.10 bits per heavy atom.